The number of nitro groups is 1. The molecule has 0 spiro atoms. The topological polar surface area (TPSA) is 104 Å². The van der Waals surface area contributed by atoms with Gasteiger partial charge in [-0.25, -0.2) is 9.78 Å². The number of amides is 1. The molecule has 176 valence electrons. The third-order valence-electron chi connectivity index (χ3n) is 4.98. The van der Waals surface area contributed by atoms with Gasteiger partial charge in [0.05, 0.1) is 27.6 Å². The molecule has 1 amide bonds. The summed E-state index contributed by atoms with van der Waals surface area (Å²) in [6.07, 6.45) is 4.40. The number of hydrogen-bond donors (Lipinski definition) is 0. The molecule has 9 nitrogen and oxygen atoms in total. The Morgan fingerprint density at radius 2 is 2.00 bits per heavy atom. The van der Waals surface area contributed by atoms with Crippen LogP contribution < -0.4 is 4.90 Å². The van der Waals surface area contributed by atoms with Crippen molar-refractivity contribution < 1.29 is 18.9 Å². The van der Waals surface area contributed by atoms with E-state index in [2.05, 4.69) is 4.98 Å². The lowest BCUT2D eigenvalue weighted by Gasteiger charge is -2.24. The van der Waals surface area contributed by atoms with Crippen LogP contribution in [0.5, 0.6) is 0 Å². The molecule has 0 saturated heterocycles. The average molecular weight is 481 g/mol. The minimum Gasteiger partial charge on any atom is -0.451 e. The number of para-hydroxylation sites is 1. The van der Waals surface area contributed by atoms with Gasteiger partial charge in [-0.15, -0.1) is 0 Å². The first-order valence-electron chi connectivity index (χ1n) is 10.5. The van der Waals surface area contributed by atoms with Gasteiger partial charge in [-0.1, -0.05) is 23.9 Å². The minimum absolute atomic E-state index is 0.0474. The van der Waals surface area contributed by atoms with Crippen LogP contribution in [0.25, 0.3) is 10.9 Å². The van der Waals surface area contributed by atoms with Crippen molar-refractivity contribution in [2.75, 3.05) is 11.9 Å². The van der Waals surface area contributed by atoms with Crippen LogP contribution in [0.15, 0.2) is 75.5 Å². The molecule has 0 unspecified atom stereocenters. The van der Waals surface area contributed by atoms with Crippen LogP contribution in [-0.2, 0) is 11.3 Å². The number of nitro benzene ring substituents is 1. The van der Waals surface area contributed by atoms with Crippen LogP contribution in [0.3, 0.4) is 0 Å². The Morgan fingerprint density at radius 1 is 1.24 bits per heavy atom. The third-order valence-corrected chi connectivity index (χ3v) is 6.09. The van der Waals surface area contributed by atoms with E-state index >= 15 is 0 Å². The van der Waals surface area contributed by atoms with Crippen molar-refractivity contribution in [3.05, 3.63) is 77.1 Å². The van der Waals surface area contributed by atoms with Gasteiger partial charge in [-0.3, -0.25) is 15.0 Å². The van der Waals surface area contributed by atoms with E-state index in [1.54, 1.807) is 31.5 Å². The molecule has 0 aliphatic carbocycles. The number of oxazole rings is 1. The van der Waals surface area contributed by atoms with E-state index in [1.165, 1.54) is 29.1 Å². The normalized spacial score (nSPS) is 11.5. The Labute approximate surface area is 200 Å². The van der Waals surface area contributed by atoms with Crippen molar-refractivity contribution in [1.29, 1.82) is 0 Å². The van der Waals surface area contributed by atoms with Gasteiger partial charge in [0.15, 0.2) is 6.39 Å². The van der Waals surface area contributed by atoms with E-state index in [1.807, 2.05) is 49.7 Å². The first kappa shape index (κ1) is 23.4. The van der Waals surface area contributed by atoms with Gasteiger partial charge in [0.25, 0.3) is 5.69 Å². The van der Waals surface area contributed by atoms with Crippen molar-refractivity contribution >= 4 is 40.1 Å². The number of ether oxygens (including phenoxy) is 1. The summed E-state index contributed by atoms with van der Waals surface area (Å²) in [5, 5.41) is 12.4. The number of carbonyl (C=O) groups is 1. The molecule has 2 heterocycles. The number of anilines is 1. The zero-order chi connectivity index (χ0) is 24.5. The maximum Gasteiger partial charge on any atom is 0.414 e. The number of fused-ring (bicyclic) bond motifs is 1. The highest BCUT2D eigenvalue weighted by Gasteiger charge is 2.22. The number of nitrogens with zero attached hydrogens (tertiary/aromatic N) is 4. The first-order valence-corrected chi connectivity index (χ1v) is 11.3. The maximum atomic E-state index is 12.6. The average Bonchev–Trinajstić information content (AvgIpc) is 3.40. The Balaban J connectivity index is 1.76. The second kappa shape index (κ2) is 9.22. The predicted molar refractivity (Wildman–Crippen MR) is 129 cm³/mol. The summed E-state index contributed by atoms with van der Waals surface area (Å²) in [5.41, 5.74) is 1.66. The second-order valence-corrected chi connectivity index (χ2v) is 9.75. The number of aromatic nitrogens is 2. The highest BCUT2D eigenvalue weighted by molar-refractivity contribution is 7.99. The fourth-order valence-corrected chi connectivity index (χ4v) is 4.50. The summed E-state index contributed by atoms with van der Waals surface area (Å²) in [6.45, 7) is 5.88. The number of benzene rings is 2. The van der Waals surface area contributed by atoms with Gasteiger partial charge in [-0.05, 0) is 45.0 Å². The number of rotatable bonds is 6. The smallest absolute Gasteiger partial charge is 0.414 e. The highest BCUT2D eigenvalue weighted by atomic mass is 32.2. The molecule has 10 heteroatoms. The van der Waals surface area contributed by atoms with Crippen LogP contribution in [0, 0.1) is 10.1 Å². The van der Waals surface area contributed by atoms with Crippen LogP contribution in [0.1, 0.15) is 26.5 Å². The van der Waals surface area contributed by atoms with E-state index in [0.29, 0.717) is 17.1 Å². The van der Waals surface area contributed by atoms with Gasteiger partial charge >= 0.3 is 6.09 Å². The lowest BCUT2D eigenvalue weighted by molar-refractivity contribution is -0.387. The lowest BCUT2D eigenvalue weighted by atomic mass is 10.2. The van der Waals surface area contributed by atoms with E-state index in [0.717, 1.165) is 21.5 Å². The monoisotopic (exact) mass is 480 g/mol. The van der Waals surface area contributed by atoms with E-state index in [9.17, 15) is 14.9 Å². The molecule has 0 fully saturated rings. The van der Waals surface area contributed by atoms with Crippen LogP contribution in [0.4, 0.5) is 16.2 Å². The molecular formula is C24H24N4O5S. The molecule has 2 aromatic heterocycles. The predicted octanol–water partition coefficient (Wildman–Crippen LogP) is 6.11. The van der Waals surface area contributed by atoms with Crippen molar-refractivity contribution in [1.82, 2.24) is 9.55 Å². The molecule has 4 aromatic rings. The summed E-state index contributed by atoms with van der Waals surface area (Å²) >= 11 is 1.32. The van der Waals surface area contributed by atoms with Crippen molar-refractivity contribution in [2.45, 2.75) is 42.7 Å². The quantitative estimate of drug-likeness (QED) is 0.242. The molecule has 0 bridgehead atoms. The second-order valence-electron chi connectivity index (χ2n) is 8.67. The summed E-state index contributed by atoms with van der Waals surface area (Å²) in [7, 11) is 1.66. The Kier molecular flexibility index (Phi) is 6.34. The minimum atomic E-state index is -0.614. The fraction of sp³-hybridized carbons (Fsp3) is 0.250. The standard InChI is InChI=1S/C24H24N4O5S/c1-24(2,3)33-23(29)26(4)17-9-10-18-20(11-17)27(12-16-14-32-15-25-16)13-22(18)34-21-8-6-5-7-19(21)28(30)31/h5-11,13-15H,12H2,1-4H3. The van der Waals surface area contributed by atoms with Crippen LogP contribution in [-0.4, -0.2) is 33.2 Å². The molecule has 0 aliphatic rings. The van der Waals surface area contributed by atoms with Crippen molar-refractivity contribution in [3.8, 4) is 0 Å². The number of hydrogen-bond acceptors (Lipinski definition) is 7. The Morgan fingerprint density at radius 3 is 2.68 bits per heavy atom. The van der Waals surface area contributed by atoms with Crippen molar-refractivity contribution in [2.24, 2.45) is 0 Å². The largest absolute Gasteiger partial charge is 0.451 e. The Bertz CT molecular complexity index is 1340. The summed E-state index contributed by atoms with van der Waals surface area (Å²) in [4.78, 5) is 30.7. The van der Waals surface area contributed by atoms with Crippen LogP contribution >= 0.6 is 11.8 Å². The molecule has 0 radical (unpaired) electrons. The lowest BCUT2D eigenvalue weighted by Crippen LogP contribution is -2.34. The zero-order valence-corrected chi connectivity index (χ0v) is 20.0. The molecule has 0 atom stereocenters. The molecule has 0 aliphatic heterocycles. The summed E-state index contributed by atoms with van der Waals surface area (Å²) < 4.78 is 12.6. The van der Waals surface area contributed by atoms with Gasteiger partial charge in [0.2, 0.25) is 0 Å². The maximum absolute atomic E-state index is 12.6. The highest BCUT2D eigenvalue weighted by Crippen LogP contribution is 2.40. The van der Waals surface area contributed by atoms with Crippen molar-refractivity contribution in [3.63, 3.8) is 0 Å². The van der Waals surface area contributed by atoms with E-state index in [4.69, 9.17) is 9.15 Å². The molecular weight excluding hydrogens is 456 g/mol. The molecule has 2 aromatic carbocycles. The fourth-order valence-electron chi connectivity index (χ4n) is 3.41. The SMILES string of the molecule is CN(C(=O)OC(C)(C)C)c1ccc2c(Sc3ccccc3[N+](=O)[O-])cn(Cc3cocn3)c2c1. The number of carbonyl (C=O) groups excluding carboxylic acids is 1. The van der Waals surface area contributed by atoms with Crippen LogP contribution in [0.2, 0.25) is 0 Å². The molecule has 0 N–H and O–H groups in total. The zero-order valence-electron chi connectivity index (χ0n) is 19.2. The molecule has 4 rings (SSSR count). The van der Waals surface area contributed by atoms with E-state index in [-0.39, 0.29) is 10.6 Å². The molecule has 34 heavy (non-hydrogen) atoms. The van der Waals surface area contributed by atoms with Gasteiger partial charge in [-0.2, -0.15) is 0 Å². The third kappa shape index (κ3) is 5.07. The first-order chi connectivity index (χ1) is 16.1. The van der Waals surface area contributed by atoms with Gasteiger partial charge < -0.3 is 13.7 Å². The molecule has 0 saturated carbocycles. The summed E-state index contributed by atoms with van der Waals surface area (Å²) in [5.74, 6) is 0. The Hall–Kier alpha value is -3.79. The van der Waals surface area contributed by atoms with Gasteiger partial charge in [0, 0.05) is 35.3 Å². The van der Waals surface area contributed by atoms with Gasteiger partial charge in [0.1, 0.15) is 11.9 Å². The van der Waals surface area contributed by atoms with E-state index < -0.39 is 11.7 Å². The summed E-state index contributed by atoms with van der Waals surface area (Å²) in [6, 6.07) is 12.3.